The Labute approximate surface area is 159 Å². The predicted molar refractivity (Wildman–Crippen MR) is 103 cm³/mol. The Morgan fingerprint density at radius 1 is 1.19 bits per heavy atom. The number of carbonyl (C=O) groups is 1. The maximum Gasteiger partial charge on any atom is 0.270 e. The fourth-order valence-corrected chi connectivity index (χ4v) is 3.76. The van der Waals surface area contributed by atoms with E-state index < -0.39 is 0 Å². The maximum absolute atomic E-state index is 13.0. The van der Waals surface area contributed by atoms with E-state index in [2.05, 4.69) is 9.97 Å². The molecule has 4 aromatic rings. The fourth-order valence-electron chi connectivity index (χ4n) is 3.60. The highest BCUT2D eigenvalue weighted by atomic mass is 35.5. The van der Waals surface area contributed by atoms with E-state index in [-0.39, 0.29) is 18.0 Å². The minimum atomic E-state index is -0.174. The summed E-state index contributed by atoms with van der Waals surface area (Å²) in [7, 11) is 0. The number of aromatic amines is 1. The van der Waals surface area contributed by atoms with Gasteiger partial charge in [-0.05, 0) is 24.3 Å². The Kier molecular flexibility index (Phi) is 3.55. The lowest BCUT2D eigenvalue weighted by atomic mass is 10.1. The fraction of sp³-hybridized carbons (Fsp3) is 0.150. The Morgan fingerprint density at radius 2 is 2.04 bits per heavy atom. The topological polar surface area (TPSA) is 70.5 Å². The van der Waals surface area contributed by atoms with Gasteiger partial charge >= 0.3 is 0 Å². The van der Waals surface area contributed by atoms with Gasteiger partial charge in [0, 0.05) is 30.1 Å². The third-order valence-corrected chi connectivity index (χ3v) is 5.20. The number of para-hydroxylation sites is 1. The highest BCUT2D eigenvalue weighted by Crippen LogP contribution is 2.20. The van der Waals surface area contributed by atoms with Crippen LogP contribution in [0.1, 0.15) is 21.7 Å². The van der Waals surface area contributed by atoms with E-state index in [0.29, 0.717) is 34.9 Å². The number of nitrogens with zero attached hydrogens (tertiary/aromatic N) is 3. The van der Waals surface area contributed by atoms with Crippen LogP contribution < -0.4 is 5.56 Å². The summed E-state index contributed by atoms with van der Waals surface area (Å²) in [6, 6.07) is 13.0. The van der Waals surface area contributed by atoms with Crippen molar-refractivity contribution in [3.8, 4) is 0 Å². The molecule has 134 valence electrons. The standard InChI is InChI=1S/C20H15ClN4O2/c21-13-5-6-18-23-16-7-8-24(11-14(16)19(26)25(18)10-13)20(27)17-9-12-3-1-2-4-15(12)22-17/h1-6,9-10,22H,7-8,11H2. The summed E-state index contributed by atoms with van der Waals surface area (Å²) in [6.07, 6.45) is 2.11. The molecule has 1 N–H and O–H groups in total. The molecule has 1 aromatic carbocycles. The van der Waals surface area contributed by atoms with Crippen LogP contribution in [0.4, 0.5) is 0 Å². The van der Waals surface area contributed by atoms with Gasteiger partial charge in [-0.25, -0.2) is 4.98 Å². The average Bonchev–Trinajstić information content (AvgIpc) is 3.12. The Morgan fingerprint density at radius 3 is 2.89 bits per heavy atom. The lowest BCUT2D eigenvalue weighted by Crippen LogP contribution is -2.40. The zero-order valence-corrected chi connectivity index (χ0v) is 15.0. The third-order valence-electron chi connectivity index (χ3n) is 4.98. The van der Waals surface area contributed by atoms with Crippen LogP contribution in [0.5, 0.6) is 0 Å². The van der Waals surface area contributed by atoms with Gasteiger partial charge < -0.3 is 9.88 Å². The molecule has 1 aliphatic heterocycles. The van der Waals surface area contributed by atoms with Crippen molar-refractivity contribution in [2.24, 2.45) is 0 Å². The van der Waals surface area contributed by atoms with Crippen molar-refractivity contribution in [2.75, 3.05) is 6.54 Å². The van der Waals surface area contributed by atoms with Crippen molar-refractivity contribution in [3.63, 3.8) is 0 Å². The van der Waals surface area contributed by atoms with Crippen molar-refractivity contribution in [2.45, 2.75) is 13.0 Å². The maximum atomic E-state index is 13.0. The summed E-state index contributed by atoms with van der Waals surface area (Å²) < 4.78 is 1.44. The zero-order chi connectivity index (χ0) is 18.5. The van der Waals surface area contributed by atoms with Crippen LogP contribution in [-0.2, 0) is 13.0 Å². The number of benzene rings is 1. The molecule has 0 bridgehead atoms. The number of aromatic nitrogens is 3. The summed E-state index contributed by atoms with van der Waals surface area (Å²) in [5.41, 5.74) is 3.14. The van der Waals surface area contributed by atoms with Gasteiger partial charge in [-0.1, -0.05) is 29.8 Å². The summed E-state index contributed by atoms with van der Waals surface area (Å²) >= 11 is 6.02. The van der Waals surface area contributed by atoms with E-state index in [1.165, 1.54) is 4.40 Å². The number of pyridine rings is 1. The second kappa shape index (κ2) is 5.96. The largest absolute Gasteiger partial charge is 0.351 e. The highest BCUT2D eigenvalue weighted by Gasteiger charge is 2.26. The van der Waals surface area contributed by atoms with Gasteiger partial charge in [-0.15, -0.1) is 0 Å². The van der Waals surface area contributed by atoms with Gasteiger partial charge in [-0.2, -0.15) is 0 Å². The molecule has 6 nitrogen and oxygen atoms in total. The lowest BCUT2D eigenvalue weighted by Gasteiger charge is -2.27. The van der Waals surface area contributed by atoms with Gasteiger partial charge in [-0.3, -0.25) is 14.0 Å². The minimum absolute atomic E-state index is 0.118. The molecule has 0 unspecified atom stereocenters. The molecule has 27 heavy (non-hydrogen) atoms. The summed E-state index contributed by atoms with van der Waals surface area (Å²) in [5.74, 6) is -0.118. The number of halogens is 1. The molecule has 0 atom stereocenters. The molecule has 0 radical (unpaired) electrons. The minimum Gasteiger partial charge on any atom is -0.351 e. The zero-order valence-electron chi connectivity index (χ0n) is 14.3. The molecule has 0 saturated carbocycles. The lowest BCUT2D eigenvalue weighted by molar-refractivity contribution is 0.0727. The number of H-pyrrole nitrogens is 1. The smallest absolute Gasteiger partial charge is 0.270 e. The van der Waals surface area contributed by atoms with Gasteiger partial charge in [0.25, 0.3) is 11.5 Å². The van der Waals surface area contributed by atoms with Gasteiger partial charge in [0.1, 0.15) is 11.3 Å². The van der Waals surface area contributed by atoms with Crippen LogP contribution in [0.25, 0.3) is 16.6 Å². The van der Waals surface area contributed by atoms with Crippen LogP contribution in [0.15, 0.2) is 53.5 Å². The number of rotatable bonds is 1. The molecule has 3 aromatic heterocycles. The molecule has 0 saturated heterocycles. The molecular weight excluding hydrogens is 364 g/mol. The quantitative estimate of drug-likeness (QED) is 0.553. The number of amides is 1. The molecule has 0 aliphatic carbocycles. The third kappa shape index (κ3) is 2.61. The van der Waals surface area contributed by atoms with Gasteiger partial charge in [0.2, 0.25) is 0 Å². The summed E-state index contributed by atoms with van der Waals surface area (Å²) in [6.45, 7) is 0.766. The molecule has 4 heterocycles. The predicted octanol–water partition coefficient (Wildman–Crippen LogP) is 3.03. The second-order valence-electron chi connectivity index (χ2n) is 6.66. The van der Waals surface area contributed by atoms with Crippen molar-refractivity contribution in [1.82, 2.24) is 19.3 Å². The highest BCUT2D eigenvalue weighted by molar-refractivity contribution is 6.30. The van der Waals surface area contributed by atoms with Crippen LogP contribution >= 0.6 is 11.6 Å². The van der Waals surface area contributed by atoms with Crippen molar-refractivity contribution >= 4 is 34.1 Å². The van der Waals surface area contributed by atoms with Gasteiger partial charge in [0.05, 0.1) is 22.8 Å². The Hall–Kier alpha value is -3.12. The first-order valence-electron chi connectivity index (χ1n) is 8.67. The number of fused-ring (bicyclic) bond motifs is 3. The van der Waals surface area contributed by atoms with Gasteiger partial charge in [0.15, 0.2) is 0 Å². The van der Waals surface area contributed by atoms with Crippen LogP contribution in [-0.4, -0.2) is 31.7 Å². The van der Waals surface area contributed by atoms with E-state index in [1.54, 1.807) is 23.2 Å². The van der Waals surface area contributed by atoms with Crippen LogP contribution in [0.2, 0.25) is 5.02 Å². The number of carbonyl (C=O) groups excluding carboxylic acids is 1. The summed E-state index contributed by atoms with van der Waals surface area (Å²) in [4.78, 5) is 35.3. The monoisotopic (exact) mass is 378 g/mol. The first kappa shape index (κ1) is 16.1. The van der Waals surface area contributed by atoms with Crippen molar-refractivity contribution < 1.29 is 4.79 Å². The normalized spacial score (nSPS) is 13.9. The number of hydrogen-bond acceptors (Lipinski definition) is 3. The van der Waals surface area contributed by atoms with E-state index in [9.17, 15) is 9.59 Å². The number of hydrogen-bond donors (Lipinski definition) is 1. The molecule has 5 rings (SSSR count). The molecule has 7 heteroatoms. The van der Waals surface area contributed by atoms with E-state index in [4.69, 9.17) is 11.6 Å². The van der Waals surface area contributed by atoms with E-state index in [0.717, 1.165) is 16.6 Å². The SMILES string of the molecule is O=C(c1cc2ccccc2[nH]1)N1CCc2nc3ccc(Cl)cn3c(=O)c2C1. The van der Waals surface area contributed by atoms with Crippen LogP contribution in [0.3, 0.4) is 0 Å². The van der Waals surface area contributed by atoms with Crippen molar-refractivity contribution in [3.05, 3.63) is 81.0 Å². The second-order valence-corrected chi connectivity index (χ2v) is 7.10. The first-order chi connectivity index (χ1) is 13.1. The molecular formula is C20H15ClN4O2. The Bertz CT molecular complexity index is 1240. The molecule has 0 fully saturated rings. The van der Waals surface area contributed by atoms with E-state index >= 15 is 0 Å². The van der Waals surface area contributed by atoms with E-state index in [1.807, 2.05) is 30.3 Å². The first-order valence-corrected chi connectivity index (χ1v) is 9.05. The molecule has 1 amide bonds. The summed E-state index contributed by atoms with van der Waals surface area (Å²) in [5, 5.41) is 1.45. The molecule has 1 aliphatic rings. The van der Waals surface area contributed by atoms with Crippen LogP contribution in [0, 0.1) is 0 Å². The molecule has 0 spiro atoms. The Balaban J connectivity index is 1.53. The van der Waals surface area contributed by atoms with Crippen molar-refractivity contribution in [1.29, 1.82) is 0 Å². The average molecular weight is 379 g/mol. The number of nitrogens with one attached hydrogen (secondary N) is 1.